The molecule has 2 aromatic heterocycles. The van der Waals surface area contributed by atoms with Crippen molar-refractivity contribution >= 4 is 28.1 Å². The number of aryl methyl sites for hydroxylation is 1. The van der Waals surface area contributed by atoms with Gasteiger partial charge < -0.3 is 14.5 Å². The van der Waals surface area contributed by atoms with E-state index in [1.165, 1.54) is 0 Å². The summed E-state index contributed by atoms with van der Waals surface area (Å²) < 4.78 is 7.46. The van der Waals surface area contributed by atoms with Crippen LogP contribution in [-0.4, -0.2) is 52.1 Å². The van der Waals surface area contributed by atoms with Gasteiger partial charge in [0.15, 0.2) is 5.65 Å². The Morgan fingerprint density at radius 1 is 1.11 bits per heavy atom. The molecule has 0 bridgehead atoms. The van der Waals surface area contributed by atoms with E-state index in [2.05, 4.69) is 11.0 Å². The zero-order chi connectivity index (χ0) is 25.5. The molecule has 0 radical (unpaired) electrons. The Hall–Kier alpha value is -4.12. The van der Waals surface area contributed by atoms with Gasteiger partial charge in [-0.2, -0.15) is 10.4 Å². The quantitative estimate of drug-likeness (QED) is 0.400. The monoisotopic (exact) mass is 494 g/mol. The van der Waals surface area contributed by atoms with Gasteiger partial charge in [-0.1, -0.05) is 24.3 Å². The largest absolute Gasteiger partial charge is 0.496 e. The fourth-order valence-corrected chi connectivity index (χ4v) is 5.75. The summed E-state index contributed by atoms with van der Waals surface area (Å²) in [4.78, 5) is 23.0. The van der Waals surface area contributed by atoms with Gasteiger partial charge in [-0.3, -0.25) is 4.79 Å². The Morgan fingerprint density at radius 2 is 1.92 bits per heavy atom. The van der Waals surface area contributed by atoms with Gasteiger partial charge in [0.05, 0.1) is 36.4 Å². The molecule has 2 atom stereocenters. The zero-order valence-corrected chi connectivity index (χ0v) is 21.2. The summed E-state index contributed by atoms with van der Waals surface area (Å²) in [6.07, 6.45) is 5.72. The summed E-state index contributed by atoms with van der Waals surface area (Å²) in [6, 6.07) is 16.2. The molecule has 2 aliphatic heterocycles. The first-order valence-electron chi connectivity index (χ1n) is 12.9. The second-order valence-electron chi connectivity index (χ2n) is 10.1. The predicted molar refractivity (Wildman–Crippen MR) is 142 cm³/mol. The SMILES string of the molecule is COc1cc2ccccc2cc1C(=O)N1CCCC[C@H]1c1cc2nc(N3CCC(C#N)C3)c(C)cn2n1. The number of hydrogen-bond donors (Lipinski definition) is 0. The first-order valence-corrected chi connectivity index (χ1v) is 12.9. The van der Waals surface area contributed by atoms with E-state index in [-0.39, 0.29) is 17.9 Å². The summed E-state index contributed by atoms with van der Waals surface area (Å²) in [7, 11) is 1.61. The van der Waals surface area contributed by atoms with Crippen molar-refractivity contribution in [2.75, 3.05) is 31.6 Å². The Bertz CT molecular complexity index is 1540. The first-order chi connectivity index (χ1) is 18.1. The number of likely N-dealkylation sites (tertiary alicyclic amines) is 1. The molecule has 0 aliphatic carbocycles. The maximum atomic E-state index is 13.9. The van der Waals surface area contributed by atoms with Gasteiger partial charge in [-0.25, -0.2) is 9.50 Å². The van der Waals surface area contributed by atoms with Gasteiger partial charge in [0, 0.05) is 37.5 Å². The molecule has 188 valence electrons. The van der Waals surface area contributed by atoms with Crippen LogP contribution in [0.15, 0.2) is 48.7 Å². The van der Waals surface area contributed by atoms with Crippen LogP contribution in [0.4, 0.5) is 5.82 Å². The fraction of sp³-hybridized carbons (Fsp3) is 0.379. The third-order valence-corrected chi connectivity index (χ3v) is 7.70. The lowest BCUT2D eigenvalue weighted by Crippen LogP contribution is -2.38. The molecule has 4 aromatic rings. The van der Waals surface area contributed by atoms with Crippen molar-refractivity contribution < 1.29 is 9.53 Å². The van der Waals surface area contributed by atoms with Crippen LogP contribution in [0, 0.1) is 24.2 Å². The molecule has 0 N–H and O–H groups in total. The van der Waals surface area contributed by atoms with Crippen LogP contribution in [-0.2, 0) is 0 Å². The van der Waals surface area contributed by atoms with E-state index in [4.69, 9.17) is 14.8 Å². The van der Waals surface area contributed by atoms with Gasteiger partial charge in [-0.15, -0.1) is 0 Å². The lowest BCUT2D eigenvalue weighted by atomic mass is 9.97. The van der Waals surface area contributed by atoms with E-state index < -0.39 is 0 Å². The number of fused-ring (bicyclic) bond motifs is 2. The van der Waals surface area contributed by atoms with Crippen molar-refractivity contribution in [2.45, 2.75) is 38.6 Å². The summed E-state index contributed by atoms with van der Waals surface area (Å²) in [6.45, 7) is 4.25. The number of ether oxygens (including phenoxy) is 1. The summed E-state index contributed by atoms with van der Waals surface area (Å²) in [5, 5.41) is 16.2. The van der Waals surface area contributed by atoms with E-state index in [0.29, 0.717) is 24.4 Å². The van der Waals surface area contributed by atoms with Crippen molar-refractivity contribution in [2.24, 2.45) is 5.92 Å². The number of piperidine rings is 1. The highest BCUT2D eigenvalue weighted by Crippen LogP contribution is 2.35. The maximum absolute atomic E-state index is 13.9. The van der Waals surface area contributed by atoms with E-state index in [0.717, 1.165) is 65.7 Å². The van der Waals surface area contributed by atoms with Crippen LogP contribution in [0.5, 0.6) is 5.75 Å². The van der Waals surface area contributed by atoms with Crippen molar-refractivity contribution in [3.63, 3.8) is 0 Å². The number of benzene rings is 2. The molecule has 1 amide bonds. The van der Waals surface area contributed by atoms with Gasteiger partial charge in [0.25, 0.3) is 5.91 Å². The third kappa shape index (κ3) is 4.14. The highest BCUT2D eigenvalue weighted by molar-refractivity contribution is 6.02. The predicted octanol–water partition coefficient (Wildman–Crippen LogP) is 4.92. The standard InChI is InChI=1S/C29H30N6O2/c1-19-17-35-27(31-28(19)33-12-10-20(16-30)18-33)15-24(32-35)25-9-5-6-11-34(25)29(36)23-13-21-7-3-4-8-22(21)14-26(23)37-2/h3-4,7-8,13-15,17,20,25H,5-6,9-12,18H2,1-2H3/t20?,25-/m0/s1. The van der Waals surface area contributed by atoms with Crippen molar-refractivity contribution in [1.29, 1.82) is 5.26 Å². The number of nitriles is 1. The highest BCUT2D eigenvalue weighted by atomic mass is 16.5. The van der Waals surface area contributed by atoms with Crippen LogP contribution in [0.25, 0.3) is 16.4 Å². The number of anilines is 1. The van der Waals surface area contributed by atoms with Gasteiger partial charge in [-0.05, 0) is 55.5 Å². The van der Waals surface area contributed by atoms with Crippen molar-refractivity contribution in [3.05, 3.63) is 65.5 Å². The van der Waals surface area contributed by atoms with Crippen LogP contribution in [0.2, 0.25) is 0 Å². The number of hydrogen-bond acceptors (Lipinski definition) is 6. The minimum atomic E-state index is -0.127. The average Bonchev–Trinajstić information content (AvgIpc) is 3.58. The number of nitrogens with zero attached hydrogens (tertiary/aromatic N) is 6. The highest BCUT2D eigenvalue weighted by Gasteiger charge is 2.32. The number of carbonyl (C=O) groups excluding carboxylic acids is 1. The van der Waals surface area contributed by atoms with Crippen molar-refractivity contribution in [3.8, 4) is 11.8 Å². The van der Waals surface area contributed by atoms with E-state index in [1.807, 2.05) is 65.0 Å². The molecule has 2 fully saturated rings. The molecule has 37 heavy (non-hydrogen) atoms. The minimum Gasteiger partial charge on any atom is -0.496 e. The molecule has 2 saturated heterocycles. The van der Waals surface area contributed by atoms with Crippen LogP contribution in [0.3, 0.4) is 0 Å². The van der Waals surface area contributed by atoms with Crippen LogP contribution < -0.4 is 9.64 Å². The number of amides is 1. The summed E-state index contributed by atoms with van der Waals surface area (Å²) in [5.74, 6) is 1.51. The lowest BCUT2D eigenvalue weighted by molar-refractivity contribution is 0.0602. The molecule has 4 heterocycles. The number of rotatable bonds is 4. The first kappa shape index (κ1) is 23.3. The maximum Gasteiger partial charge on any atom is 0.258 e. The molecule has 2 aliphatic rings. The fourth-order valence-electron chi connectivity index (χ4n) is 5.75. The Kier molecular flexibility index (Phi) is 5.91. The number of aromatic nitrogens is 3. The Morgan fingerprint density at radius 3 is 2.68 bits per heavy atom. The van der Waals surface area contributed by atoms with E-state index >= 15 is 0 Å². The number of carbonyl (C=O) groups is 1. The van der Waals surface area contributed by atoms with Gasteiger partial charge in [0.2, 0.25) is 0 Å². The van der Waals surface area contributed by atoms with Crippen molar-refractivity contribution in [1.82, 2.24) is 19.5 Å². The normalized spacial score (nSPS) is 19.9. The van der Waals surface area contributed by atoms with Crippen LogP contribution in [0.1, 0.15) is 53.3 Å². The third-order valence-electron chi connectivity index (χ3n) is 7.70. The van der Waals surface area contributed by atoms with E-state index in [1.54, 1.807) is 7.11 Å². The molecule has 8 heteroatoms. The molecule has 0 saturated carbocycles. The molecule has 1 unspecified atom stereocenters. The van der Waals surface area contributed by atoms with Gasteiger partial charge >= 0.3 is 0 Å². The molecular weight excluding hydrogens is 464 g/mol. The smallest absolute Gasteiger partial charge is 0.258 e. The Balaban J connectivity index is 1.34. The molecule has 6 rings (SSSR count). The van der Waals surface area contributed by atoms with Crippen LogP contribution >= 0.6 is 0 Å². The number of methoxy groups -OCH3 is 1. The molecule has 2 aromatic carbocycles. The van der Waals surface area contributed by atoms with Gasteiger partial charge in [0.1, 0.15) is 11.6 Å². The molecule has 8 nitrogen and oxygen atoms in total. The summed E-state index contributed by atoms with van der Waals surface area (Å²) in [5.41, 5.74) is 3.22. The lowest BCUT2D eigenvalue weighted by Gasteiger charge is -2.35. The Labute approximate surface area is 216 Å². The topological polar surface area (TPSA) is 86.8 Å². The summed E-state index contributed by atoms with van der Waals surface area (Å²) >= 11 is 0. The second-order valence-corrected chi connectivity index (χ2v) is 10.1. The average molecular weight is 495 g/mol. The molecular formula is C29H30N6O2. The molecule has 0 spiro atoms. The zero-order valence-electron chi connectivity index (χ0n) is 21.2. The second kappa shape index (κ2) is 9.40. The van der Waals surface area contributed by atoms with E-state index in [9.17, 15) is 10.1 Å². The minimum absolute atomic E-state index is 0.0335.